The van der Waals surface area contributed by atoms with Gasteiger partial charge in [0.15, 0.2) is 11.7 Å². The Hall–Kier alpha value is -1.77. The van der Waals surface area contributed by atoms with Gasteiger partial charge < -0.3 is 19.9 Å². The van der Waals surface area contributed by atoms with Gasteiger partial charge in [0, 0.05) is 25.2 Å². The number of halogens is 1. The molecule has 0 amide bonds. The molecule has 1 saturated carbocycles. The normalized spacial score (nSPS) is 13.8. The number of benzene rings is 1. The molecular formula is C20H29IN4O2. The molecule has 1 aromatic heterocycles. The summed E-state index contributed by atoms with van der Waals surface area (Å²) in [5, 5.41) is 10.6. The van der Waals surface area contributed by atoms with Crippen LogP contribution in [0, 0.1) is 12.8 Å². The Labute approximate surface area is 178 Å². The molecule has 0 radical (unpaired) electrons. The van der Waals surface area contributed by atoms with Crippen molar-refractivity contribution < 1.29 is 9.26 Å². The number of aromatic nitrogens is 1. The number of aryl methyl sites for hydroxylation is 2. The van der Waals surface area contributed by atoms with E-state index in [0.29, 0.717) is 19.0 Å². The van der Waals surface area contributed by atoms with E-state index < -0.39 is 0 Å². The minimum absolute atomic E-state index is 0. The van der Waals surface area contributed by atoms with Crippen LogP contribution >= 0.6 is 24.0 Å². The fraction of sp³-hybridized carbons (Fsp3) is 0.500. The predicted molar refractivity (Wildman–Crippen MR) is 118 cm³/mol. The smallest absolute Gasteiger partial charge is 0.191 e. The van der Waals surface area contributed by atoms with Crippen LogP contribution in [0.2, 0.25) is 0 Å². The standard InChI is InChI=1S/C20H28N4O2.HI/c1-4-17-10-18(26-24-17)12-23-20(21-3)22-11-16-8-5-14(2)9-19(16)25-13-15-6-7-15;/h5,8-10,15H,4,6-7,11-13H2,1-3H3,(H2,21,22,23);1H. The van der Waals surface area contributed by atoms with Gasteiger partial charge in [0.05, 0.1) is 18.8 Å². The Bertz CT molecular complexity index is 756. The Balaban J connectivity index is 0.00000261. The number of rotatable bonds is 8. The van der Waals surface area contributed by atoms with Crippen LogP contribution in [0.5, 0.6) is 5.75 Å². The molecule has 0 saturated heterocycles. The van der Waals surface area contributed by atoms with Gasteiger partial charge in [0.2, 0.25) is 0 Å². The van der Waals surface area contributed by atoms with E-state index in [1.54, 1.807) is 7.05 Å². The molecule has 0 bridgehead atoms. The lowest BCUT2D eigenvalue weighted by Crippen LogP contribution is -2.36. The number of hydrogen-bond acceptors (Lipinski definition) is 4. The van der Waals surface area contributed by atoms with E-state index in [1.807, 2.05) is 6.07 Å². The van der Waals surface area contributed by atoms with Crippen LogP contribution in [-0.2, 0) is 19.5 Å². The molecule has 7 heteroatoms. The first-order valence-electron chi connectivity index (χ1n) is 9.29. The molecule has 1 aromatic carbocycles. The number of nitrogens with one attached hydrogen (secondary N) is 2. The lowest BCUT2D eigenvalue weighted by molar-refractivity contribution is 0.296. The average Bonchev–Trinajstić information content (AvgIpc) is 3.37. The van der Waals surface area contributed by atoms with E-state index in [9.17, 15) is 0 Å². The van der Waals surface area contributed by atoms with Gasteiger partial charge in [0.25, 0.3) is 0 Å². The summed E-state index contributed by atoms with van der Waals surface area (Å²) in [7, 11) is 1.76. The number of nitrogens with zero attached hydrogens (tertiary/aromatic N) is 2. The number of guanidine groups is 1. The topological polar surface area (TPSA) is 71.7 Å². The van der Waals surface area contributed by atoms with Crippen molar-refractivity contribution in [2.75, 3.05) is 13.7 Å². The zero-order chi connectivity index (χ0) is 18.4. The first-order chi connectivity index (χ1) is 12.7. The molecule has 6 nitrogen and oxygen atoms in total. The van der Waals surface area contributed by atoms with E-state index in [-0.39, 0.29) is 24.0 Å². The minimum atomic E-state index is 0. The fourth-order valence-electron chi connectivity index (χ4n) is 2.61. The monoisotopic (exact) mass is 484 g/mol. The van der Waals surface area contributed by atoms with Crippen molar-refractivity contribution >= 4 is 29.9 Å². The van der Waals surface area contributed by atoms with Crippen molar-refractivity contribution in [3.63, 3.8) is 0 Å². The second kappa shape index (κ2) is 10.5. The SMILES string of the molecule is CCc1cc(CNC(=NC)NCc2ccc(C)cc2OCC2CC2)on1.I. The van der Waals surface area contributed by atoms with E-state index in [1.165, 1.54) is 18.4 Å². The zero-order valence-corrected chi connectivity index (χ0v) is 18.6. The lowest BCUT2D eigenvalue weighted by atomic mass is 10.1. The quantitative estimate of drug-likeness (QED) is 0.339. The molecule has 0 aliphatic heterocycles. The van der Waals surface area contributed by atoms with E-state index in [0.717, 1.165) is 41.7 Å². The van der Waals surface area contributed by atoms with Crippen molar-refractivity contribution in [1.29, 1.82) is 0 Å². The molecule has 0 atom stereocenters. The largest absolute Gasteiger partial charge is 0.493 e. The predicted octanol–water partition coefficient (Wildman–Crippen LogP) is 3.82. The molecule has 0 unspecified atom stereocenters. The molecule has 2 aromatic rings. The zero-order valence-electron chi connectivity index (χ0n) is 16.2. The highest BCUT2D eigenvalue weighted by molar-refractivity contribution is 14.0. The van der Waals surface area contributed by atoms with Gasteiger partial charge in [-0.3, -0.25) is 4.99 Å². The summed E-state index contributed by atoms with van der Waals surface area (Å²) in [4.78, 5) is 4.27. The molecule has 1 aliphatic carbocycles. The van der Waals surface area contributed by atoms with Crippen LogP contribution < -0.4 is 15.4 Å². The number of ether oxygens (including phenoxy) is 1. The van der Waals surface area contributed by atoms with Gasteiger partial charge in [0.1, 0.15) is 5.75 Å². The summed E-state index contributed by atoms with van der Waals surface area (Å²) in [6, 6.07) is 8.29. The van der Waals surface area contributed by atoms with Gasteiger partial charge >= 0.3 is 0 Å². The maximum absolute atomic E-state index is 6.03. The van der Waals surface area contributed by atoms with Crippen LogP contribution in [-0.4, -0.2) is 24.8 Å². The van der Waals surface area contributed by atoms with Crippen LogP contribution in [0.4, 0.5) is 0 Å². The van der Waals surface area contributed by atoms with Gasteiger partial charge in [-0.2, -0.15) is 0 Å². The lowest BCUT2D eigenvalue weighted by Gasteiger charge is -2.15. The summed E-state index contributed by atoms with van der Waals surface area (Å²) in [6.07, 6.45) is 3.45. The molecule has 2 N–H and O–H groups in total. The molecule has 1 heterocycles. The summed E-state index contributed by atoms with van der Waals surface area (Å²) in [6.45, 7) is 6.15. The van der Waals surface area contributed by atoms with Crippen molar-refractivity contribution in [3.05, 3.63) is 46.8 Å². The Kier molecular flexibility index (Phi) is 8.40. The van der Waals surface area contributed by atoms with E-state index in [4.69, 9.17) is 9.26 Å². The average molecular weight is 484 g/mol. The summed E-state index contributed by atoms with van der Waals surface area (Å²) in [5.41, 5.74) is 3.30. The van der Waals surface area contributed by atoms with Gasteiger partial charge in [-0.25, -0.2) is 0 Å². The number of aliphatic imine (C=N–C) groups is 1. The van der Waals surface area contributed by atoms with Crippen LogP contribution in [0.25, 0.3) is 0 Å². The van der Waals surface area contributed by atoms with E-state index in [2.05, 4.69) is 52.8 Å². The highest BCUT2D eigenvalue weighted by atomic mass is 127. The first kappa shape index (κ1) is 21.5. The van der Waals surface area contributed by atoms with E-state index >= 15 is 0 Å². The maximum atomic E-state index is 6.03. The summed E-state index contributed by atoms with van der Waals surface area (Å²) >= 11 is 0. The minimum Gasteiger partial charge on any atom is -0.493 e. The highest BCUT2D eigenvalue weighted by Crippen LogP contribution is 2.30. The fourth-order valence-corrected chi connectivity index (χ4v) is 2.61. The van der Waals surface area contributed by atoms with Crippen molar-refractivity contribution in [3.8, 4) is 5.75 Å². The van der Waals surface area contributed by atoms with Crippen LogP contribution in [0.3, 0.4) is 0 Å². The molecule has 3 rings (SSSR count). The van der Waals surface area contributed by atoms with Gasteiger partial charge in [-0.05, 0) is 43.7 Å². The van der Waals surface area contributed by atoms with Crippen LogP contribution in [0.1, 0.15) is 42.3 Å². The molecular weight excluding hydrogens is 455 g/mol. The Morgan fingerprint density at radius 2 is 2.04 bits per heavy atom. The maximum Gasteiger partial charge on any atom is 0.191 e. The molecule has 0 spiro atoms. The highest BCUT2D eigenvalue weighted by Gasteiger charge is 2.22. The molecule has 1 aliphatic rings. The third-order valence-corrected chi connectivity index (χ3v) is 4.46. The molecule has 27 heavy (non-hydrogen) atoms. The van der Waals surface area contributed by atoms with Crippen LogP contribution in [0.15, 0.2) is 33.8 Å². The van der Waals surface area contributed by atoms with Crippen molar-refractivity contribution in [2.24, 2.45) is 10.9 Å². The third kappa shape index (κ3) is 6.71. The Morgan fingerprint density at radius 1 is 1.26 bits per heavy atom. The summed E-state index contributed by atoms with van der Waals surface area (Å²) in [5.74, 6) is 3.21. The third-order valence-electron chi connectivity index (χ3n) is 4.46. The van der Waals surface area contributed by atoms with Gasteiger partial charge in [-0.15, -0.1) is 24.0 Å². The second-order valence-electron chi connectivity index (χ2n) is 6.78. The number of hydrogen-bond donors (Lipinski definition) is 2. The van der Waals surface area contributed by atoms with Crippen molar-refractivity contribution in [2.45, 2.75) is 46.2 Å². The van der Waals surface area contributed by atoms with Crippen molar-refractivity contribution in [1.82, 2.24) is 15.8 Å². The Morgan fingerprint density at radius 3 is 2.70 bits per heavy atom. The molecule has 1 fully saturated rings. The molecule has 148 valence electrons. The summed E-state index contributed by atoms with van der Waals surface area (Å²) < 4.78 is 11.3. The van der Waals surface area contributed by atoms with Gasteiger partial charge in [-0.1, -0.05) is 24.2 Å². The second-order valence-corrected chi connectivity index (χ2v) is 6.78. The first-order valence-corrected chi connectivity index (χ1v) is 9.29.